The number of carbonyl (C=O) groups is 2. The number of nitro benzene ring substituents is 1. The number of aliphatic carboxylic acids is 1. The van der Waals surface area contributed by atoms with E-state index in [1.807, 2.05) is 6.26 Å². The maximum atomic E-state index is 12.7. The number of benzene rings is 1. The van der Waals surface area contributed by atoms with Crippen LogP contribution in [0.25, 0.3) is 6.08 Å². The fourth-order valence-corrected chi connectivity index (χ4v) is 4.47. The Bertz CT molecular complexity index is 870. The van der Waals surface area contributed by atoms with Gasteiger partial charge in [0.2, 0.25) is 0 Å². The Balaban J connectivity index is 2.21. The number of non-ortho nitro benzene ring substituents is 1. The Labute approximate surface area is 179 Å². The SMILES string of the molecule is CSCCC(C(=O)O)N1C(=O)/C(=C/C(Cl)=C/c2ccc([N+](=O)[O-])cc2)SC1=S. The first kappa shape index (κ1) is 22.4. The van der Waals surface area contributed by atoms with Crippen LogP contribution in [0.4, 0.5) is 5.69 Å². The molecule has 11 heteroatoms. The largest absolute Gasteiger partial charge is 0.480 e. The summed E-state index contributed by atoms with van der Waals surface area (Å²) in [6, 6.07) is 4.73. The summed E-state index contributed by atoms with van der Waals surface area (Å²) in [6.45, 7) is 0. The molecule has 1 fully saturated rings. The number of hydrogen-bond donors (Lipinski definition) is 1. The van der Waals surface area contributed by atoms with E-state index >= 15 is 0 Å². The first-order valence-corrected chi connectivity index (χ1v) is 10.8. The lowest BCUT2D eigenvalue weighted by Crippen LogP contribution is -2.44. The van der Waals surface area contributed by atoms with Crippen molar-refractivity contribution >= 4 is 75.3 Å². The van der Waals surface area contributed by atoms with Crippen LogP contribution in [-0.2, 0) is 9.59 Å². The summed E-state index contributed by atoms with van der Waals surface area (Å²) in [5.41, 5.74) is 0.574. The molecule has 0 saturated carbocycles. The van der Waals surface area contributed by atoms with Crippen LogP contribution in [0, 0.1) is 10.1 Å². The zero-order chi connectivity index (χ0) is 20.8. The Kier molecular flexibility index (Phi) is 8.05. The topological polar surface area (TPSA) is 101 Å². The van der Waals surface area contributed by atoms with Crippen molar-refractivity contribution in [3.05, 3.63) is 56.0 Å². The van der Waals surface area contributed by atoms with Crippen LogP contribution < -0.4 is 0 Å². The minimum absolute atomic E-state index is 0.0425. The predicted octanol–water partition coefficient (Wildman–Crippen LogP) is 4.13. The predicted molar refractivity (Wildman–Crippen MR) is 116 cm³/mol. The Morgan fingerprint density at radius 2 is 2.11 bits per heavy atom. The zero-order valence-corrected chi connectivity index (χ0v) is 17.7. The first-order valence-electron chi connectivity index (χ1n) is 7.85. The molecule has 2 rings (SSSR count). The number of nitrogens with zero attached hydrogens (tertiary/aromatic N) is 2. The van der Waals surface area contributed by atoms with Gasteiger partial charge in [-0.05, 0) is 48.3 Å². The van der Waals surface area contributed by atoms with Crippen molar-refractivity contribution in [2.24, 2.45) is 0 Å². The number of carboxylic acids is 1. The normalized spacial score (nSPS) is 17.3. The molecule has 1 heterocycles. The standard InChI is InChI=1S/C17H15ClN2O5S3/c1-27-7-6-13(16(22)23)19-15(21)14(28-17(19)26)9-11(18)8-10-2-4-12(5-3-10)20(24)25/h2-5,8-9,13H,6-7H2,1H3,(H,22,23)/b11-8-,14-9-. The van der Waals surface area contributed by atoms with Crippen LogP contribution in [0.15, 0.2) is 40.3 Å². The highest BCUT2D eigenvalue weighted by Gasteiger charge is 2.40. The number of amides is 1. The molecule has 1 amide bonds. The summed E-state index contributed by atoms with van der Waals surface area (Å²) in [4.78, 5) is 35.7. The van der Waals surface area contributed by atoms with Gasteiger partial charge in [-0.25, -0.2) is 4.79 Å². The van der Waals surface area contributed by atoms with Crippen LogP contribution in [0.1, 0.15) is 12.0 Å². The second kappa shape index (κ2) is 10.1. The van der Waals surface area contributed by atoms with Gasteiger partial charge in [-0.1, -0.05) is 35.6 Å². The van der Waals surface area contributed by atoms with Gasteiger partial charge in [-0.2, -0.15) is 11.8 Å². The molecule has 148 valence electrons. The fraction of sp³-hybridized carbons (Fsp3) is 0.235. The molecule has 1 aliphatic heterocycles. The average molecular weight is 459 g/mol. The van der Waals surface area contributed by atoms with Crippen molar-refractivity contribution in [1.29, 1.82) is 0 Å². The van der Waals surface area contributed by atoms with Gasteiger partial charge in [0.25, 0.3) is 11.6 Å². The molecule has 0 radical (unpaired) electrons. The van der Waals surface area contributed by atoms with Gasteiger partial charge >= 0.3 is 5.97 Å². The first-order chi connectivity index (χ1) is 13.2. The maximum absolute atomic E-state index is 12.7. The number of halogens is 1. The van der Waals surface area contributed by atoms with Gasteiger partial charge in [-0.3, -0.25) is 19.8 Å². The number of thioether (sulfide) groups is 2. The molecule has 1 atom stereocenters. The maximum Gasteiger partial charge on any atom is 0.326 e. The van der Waals surface area contributed by atoms with E-state index in [1.54, 1.807) is 6.08 Å². The number of allylic oxidation sites excluding steroid dienone is 2. The highest BCUT2D eigenvalue weighted by molar-refractivity contribution is 8.26. The van der Waals surface area contributed by atoms with Gasteiger partial charge in [0.1, 0.15) is 10.4 Å². The number of carbonyl (C=O) groups excluding carboxylic acids is 1. The second-order valence-corrected chi connectivity index (χ2v) is 8.66. The Hall–Kier alpha value is -1.88. The van der Waals surface area contributed by atoms with Crippen LogP contribution >= 0.6 is 47.3 Å². The second-order valence-electron chi connectivity index (χ2n) is 5.57. The minimum Gasteiger partial charge on any atom is -0.480 e. The van der Waals surface area contributed by atoms with Gasteiger partial charge in [-0.15, -0.1) is 0 Å². The van der Waals surface area contributed by atoms with E-state index in [0.717, 1.165) is 16.7 Å². The average Bonchev–Trinajstić information content (AvgIpc) is 2.89. The van der Waals surface area contributed by atoms with Gasteiger partial charge < -0.3 is 5.11 Å². The smallest absolute Gasteiger partial charge is 0.326 e. The molecule has 1 aromatic rings. The van der Waals surface area contributed by atoms with Gasteiger partial charge in [0, 0.05) is 17.2 Å². The molecule has 0 aromatic heterocycles. The molecule has 1 aromatic carbocycles. The Morgan fingerprint density at radius 1 is 1.46 bits per heavy atom. The molecular formula is C17H15ClN2O5S3. The molecule has 7 nitrogen and oxygen atoms in total. The molecule has 1 aliphatic rings. The summed E-state index contributed by atoms with van der Waals surface area (Å²) in [5, 5.41) is 20.3. The van der Waals surface area contributed by atoms with E-state index in [9.17, 15) is 24.8 Å². The molecule has 1 saturated heterocycles. The van der Waals surface area contributed by atoms with Crippen molar-refractivity contribution in [2.45, 2.75) is 12.5 Å². The molecule has 1 N–H and O–H groups in total. The van der Waals surface area contributed by atoms with Crippen molar-refractivity contribution in [3.8, 4) is 0 Å². The number of thiocarbonyl (C=S) groups is 1. The van der Waals surface area contributed by atoms with Crippen molar-refractivity contribution in [2.75, 3.05) is 12.0 Å². The van der Waals surface area contributed by atoms with E-state index < -0.39 is 22.8 Å². The lowest BCUT2D eigenvalue weighted by Gasteiger charge is -2.22. The Morgan fingerprint density at radius 3 is 2.64 bits per heavy atom. The third-order valence-corrected chi connectivity index (χ3v) is 5.89. The molecule has 0 aliphatic carbocycles. The summed E-state index contributed by atoms with van der Waals surface area (Å²) < 4.78 is 0.171. The third kappa shape index (κ3) is 5.57. The highest BCUT2D eigenvalue weighted by Crippen LogP contribution is 2.35. The molecule has 28 heavy (non-hydrogen) atoms. The van der Waals surface area contributed by atoms with Crippen LogP contribution in [0.3, 0.4) is 0 Å². The fourth-order valence-electron chi connectivity index (χ4n) is 2.36. The summed E-state index contributed by atoms with van der Waals surface area (Å²) in [5.74, 6) is -1.04. The number of nitro groups is 1. The number of carboxylic acid groups (broad SMARTS) is 1. The van der Waals surface area contributed by atoms with E-state index in [4.69, 9.17) is 23.8 Å². The van der Waals surface area contributed by atoms with Crippen LogP contribution in [0.2, 0.25) is 0 Å². The van der Waals surface area contributed by atoms with E-state index in [2.05, 4.69) is 0 Å². The molecule has 0 spiro atoms. The van der Waals surface area contributed by atoms with Crippen LogP contribution in [0.5, 0.6) is 0 Å². The van der Waals surface area contributed by atoms with E-state index in [1.165, 1.54) is 42.1 Å². The number of hydrogen-bond acceptors (Lipinski definition) is 7. The van der Waals surface area contributed by atoms with E-state index in [0.29, 0.717) is 11.3 Å². The van der Waals surface area contributed by atoms with Crippen LogP contribution in [-0.4, -0.2) is 49.2 Å². The summed E-state index contributed by atoms with van der Waals surface area (Å²) in [7, 11) is 0. The molecular weight excluding hydrogens is 444 g/mol. The minimum atomic E-state index is -1.11. The molecule has 0 bridgehead atoms. The monoisotopic (exact) mass is 458 g/mol. The van der Waals surface area contributed by atoms with Crippen molar-refractivity contribution < 1.29 is 19.6 Å². The lowest BCUT2D eigenvalue weighted by atomic mass is 10.2. The van der Waals surface area contributed by atoms with Gasteiger partial charge in [0.15, 0.2) is 0 Å². The van der Waals surface area contributed by atoms with Gasteiger partial charge in [0.05, 0.1) is 9.83 Å². The number of rotatable bonds is 8. The van der Waals surface area contributed by atoms with E-state index in [-0.39, 0.29) is 26.4 Å². The summed E-state index contributed by atoms with van der Waals surface area (Å²) >= 11 is 13.9. The third-order valence-electron chi connectivity index (χ3n) is 3.69. The summed E-state index contributed by atoms with van der Waals surface area (Å²) in [6.07, 6.45) is 5.09. The molecule has 1 unspecified atom stereocenters. The van der Waals surface area contributed by atoms with Crippen molar-refractivity contribution in [1.82, 2.24) is 4.90 Å². The quantitative estimate of drug-likeness (QED) is 0.268. The highest BCUT2D eigenvalue weighted by atomic mass is 35.5. The lowest BCUT2D eigenvalue weighted by molar-refractivity contribution is -0.384. The van der Waals surface area contributed by atoms with Crippen molar-refractivity contribution in [3.63, 3.8) is 0 Å². The zero-order valence-electron chi connectivity index (χ0n) is 14.5.